The topological polar surface area (TPSA) is 118 Å². The van der Waals surface area contributed by atoms with E-state index in [1.165, 1.54) is 11.3 Å². The molecule has 0 amide bonds. The van der Waals surface area contributed by atoms with Gasteiger partial charge in [-0.3, -0.25) is 9.59 Å². The molecule has 7 rings (SSSR count). The molecular formula is C41H37NO8S. The van der Waals surface area contributed by atoms with Gasteiger partial charge in [-0.05, 0) is 105 Å². The number of carbonyl (C=O) groups excluding carboxylic acids is 4. The van der Waals surface area contributed by atoms with Gasteiger partial charge >= 0.3 is 23.9 Å². The number of hydrogen-bond acceptors (Lipinski definition) is 10. The number of esters is 4. The highest BCUT2D eigenvalue weighted by Crippen LogP contribution is 2.39. The average Bonchev–Trinajstić information content (AvgIpc) is 3.61. The van der Waals surface area contributed by atoms with Crippen LogP contribution in [0.1, 0.15) is 84.9 Å². The molecule has 2 aliphatic carbocycles. The molecule has 2 aliphatic rings. The zero-order chi connectivity index (χ0) is 35.2. The maximum atomic E-state index is 13.3. The van der Waals surface area contributed by atoms with Crippen molar-refractivity contribution < 1.29 is 38.1 Å². The molecule has 1 heterocycles. The van der Waals surface area contributed by atoms with Crippen LogP contribution in [-0.2, 0) is 9.59 Å². The number of rotatable bonds is 9. The molecule has 1 aromatic heterocycles. The summed E-state index contributed by atoms with van der Waals surface area (Å²) in [7, 11) is 0. The van der Waals surface area contributed by atoms with E-state index in [0.717, 1.165) is 74.4 Å². The molecule has 0 atom stereocenters. The van der Waals surface area contributed by atoms with Gasteiger partial charge in [-0.25, -0.2) is 14.6 Å². The first-order chi connectivity index (χ1) is 24.9. The highest BCUT2D eigenvalue weighted by Gasteiger charge is 2.25. The Kier molecular flexibility index (Phi) is 10.5. The third-order valence-corrected chi connectivity index (χ3v) is 10.5. The van der Waals surface area contributed by atoms with Crippen molar-refractivity contribution in [3.05, 3.63) is 102 Å². The number of thiazole rings is 1. The van der Waals surface area contributed by atoms with Gasteiger partial charge in [-0.15, -0.1) is 11.3 Å². The molecule has 0 saturated heterocycles. The molecule has 2 fully saturated rings. The minimum atomic E-state index is -0.614. The summed E-state index contributed by atoms with van der Waals surface area (Å²) in [6.45, 7) is 0. The van der Waals surface area contributed by atoms with Gasteiger partial charge in [-0.2, -0.15) is 0 Å². The fourth-order valence-electron chi connectivity index (χ4n) is 6.53. The summed E-state index contributed by atoms with van der Waals surface area (Å²) in [6, 6.07) is 24.9. The molecule has 0 N–H and O–H groups in total. The Morgan fingerprint density at radius 3 is 1.61 bits per heavy atom. The van der Waals surface area contributed by atoms with Gasteiger partial charge in [-0.1, -0.05) is 50.7 Å². The molecule has 5 aromatic rings. The van der Waals surface area contributed by atoms with Gasteiger partial charge in [0.15, 0.2) is 0 Å². The third kappa shape index (κ3) is 8.35. The fraction of sp³-hybridized carbons (Fsp3) is 0.293. The number of ether oxygens (including phenoxy) is 4. The van der Waals surface area contributed by atoms with E-state index in [4.69, 9.17) is 23.9 Å². The summed E-state index contributed by atoms with van der Waals surface area (Å²) in [6.07, 6.45) is 9.76. The molecule has 0 unspecified atom stereocenters. The average molecular weight is 704 g/mol. The lowest BCUT2D eigenvalue weighted by Crippen LogP contribution is -2.22. The van der Waals surface area contributed by atoms with E-state index < -0.39 is 11.9 Å². The second-order valence-electron chi connectivity index (χ2n) is 13.0. The monoisotopic (exact) mass is 703 g/mol. The second-order valence-corrected chi connectivity index (χ2v) is 14.0. The quantitative estimate of drug-likeness (QED) is 0.109. The lowest BCUT2D eigenvalue weighted by atomic mass is 9.89. The summed E-state index contributed by atoms with van der Waals surface area (Å²) in [5.74, 6) is -0.658. The first-order valence-corrected chi connectivity index (χ1v) is 18.3. The molecular weight excluding hydrogens is 667 g/mol. The predicted molar refractivity (Wildman–Crippen MR) is 192 cm³/mol. The third-order valence-electron chi connectivity index (χ3n) is 9.38. The number of nitrogens with zero attached hydrogens (tertiary/aromatic N) is 1. The number of para-hydroxylation sites is 1. The minimum Gasteiger partial charge on any atom is -0.426 e. The van der Waals surface area contributed by atoms with E-state index in [1.807, 2.05) is 24.3 Å². The molecule has 0 aliphatic heterocycles. The van der Waals surface area contributed by atoms with Crippen molar-refractivity contribution in [3.8, 4) is 33.6 Å². The van der Waals surface area contributed by atoms with Crippen molar-refractivity contribution in [3.63, 3.8) is 0 Å². The highest BCUT2D eigenvalue weighted by atomic mass is 32.1. The molecule has 260 valence electrons. The molecule has 0 bridgehead atoms. The van der Waals surface area contributed by atoms with Crippen LogP contribution in [0.2, 0.25) is 0 Å². The second kappa shape index (κ2) is 15.7. The molecule has 0 spiro atoms. The Labute approximate surface area is 299 Å². The summed E-state index contributed by atoms with van der Waals surface area (Å²) >= 11 is 1.41. The van der Waals surface area contributed by atoms with Crippen molar-refractivity contribution in [2.24, 2.45) is 11.8 Å². The minimum absolute atomic E-state index is 0.0851. The number of hydrogen-bond donors (Lipinski definition) is 0. The Hall–Kier alpha value is -5.35. The number of fused-ring (bicyclic) bond motifs is 1. The van der Waals surface area contributed by atoms with Crippen LogP contribution >= 0.6 is 11.3 Å². The summed E-state index contributed by atoms with van der Waals surface area (Å²) < 4.78 is 23.7. The van der Waals surface area contributed by atoms with Crippen LogP contribution in [0.5, 0.6) is 23.0 Å². The van der Waals surface area contributed by atoms with Crippen LogP contribution in [0.15, 0.2) is 91.0 Å². The normalized spacial score (nSPS) is 15.2. The van der Waals surface area contributed by atoms with Gasteiger partial charge in [0, 0.05) is 0 Å². The van der Waals surface area contributed by atoms with Crippen molar-refractivity contribution in [1.82, 2.24) is 4.98 Å². The Morgan fingerprint density at radius 1 is 0.549 bits per heavy atom. The number of benzene rings is 4. The Bertz CT molecular complexity index is 2010. The zero-order valence-electron chi connectivity index (χ0n) is 28.0. The van der Waals surface area contributed by atoms with Gasteiger partial charge < -0.3 is 18.9 Å². The molecule has 2 saturated carbocycles. The molecule has 51 heavy (non-hydrogen) atoms. The Morgan fingerprint density at radius 2 is 1.06 bits per heavy atom. The van der Waals surface area contributed by atoms with E-state index in [-0.39, 0.29) is 46.4 Å². The van der Waals surface area contributed by atoms with Gasteiger partial charge in [0.05, 0.1) is 38.7 Å². The van der Waals surface area contributed by atoms with Crippen LogP contribution in [0.4, 0.5) is 0 Å². The zero-order valence-corrected chi connectivity index (χ0v) is 28.8. The van der Waals surface area contributed by atoms with E-state index in [2.05, 4.69) is 0 Å². The molecule has 4 aromatic carbocycles. The van der Waals surface area contributed by atoms with Crippen molar-refractivity contribution in [2.45, 2.75) is 64.2 Å². The van der Waals surface area contributed by atoms with Crippen LogP contribution in [0.3, 0.4) is 0 Å². The van der Waals surface area contributed by atoms with Crippen molar-refractivity contribution >= 4 is 45.4 Å². The van der Waals surface area contributed by atoms with Crippen LogP contribution in [0, 0.1) is 11.8 Å². The van der Waals surface area contributed by atoms with Gasteiger partial charge in [0.25, 0.3) is 0 Å². The van der Waals surface area contributed by atoms with Crippen LogP contribution < -0.4 is 18.9 Å². The van der Waals surface area contributed by atoms with Crippen LogP contribution in [0.25, 0.3) is 20.8 Å². The van der Waals surface area contributed by atoms with Crippen molar-refractivity contribution in [1.29, 1.82) is 0 Å². The van der Waals surface area contributed by atoms with E-state index in [1.54, 1.807) is 66.7 Å². The van der Waals surface area contributed by atoms with Gasteiger partial charge in [0.2, 0.25) is 0 Å². The number of aromatic nitrogens is 1. The molecule has 0 radical (unpaired) electrons. The predicted octanol–water partition coefficient (Wildman–Crippen LogP) is 9.37. The van der Waals surface area contributed by atoms with Gasteiger partial charge in [0.1, 0.15) is 28.0 Å². The standard InChI is InChI=1S/C41H37NO8S/c43-38(26-9-3-1-4-10-26)47-30-19-15-28(16-20-30)40(45)49-32-23-24-35(33(25-32)37-42-34-13-7-8-14-36(34)51-37)50-41(46)29-17-21-31(22-18-29)48-39(44)27-11-5-2-6-12-27/h7-8,13-27H,1-6,9-12H2. The van der Waals surface area contributed by atoms with Crippen LogP contribution in [-0.4, -0.2) is 28.9 Å². The van der Waals surface area contributed by atoms with E-state index >= 15 is 0 Å². The summed E-state index contributed by atoms with van der Waals surface area (Å²) in [5, 5.41) is 0.575. The maximum absolute atomic E-state index is 13.3. The van der Waals surface area contributed by atoms with Crippen molar-refractivity contribution in [2.75, 3.05) is 0 Å². The lowest BCUT2D eigenvalue weighted by Gasteiger charge is -2.19. The van der Waals surface area contributed by atoms with E-state index in [0.29, 0.717) is 22.1 Å². The summed E-state index contributed by atoms with van der Waals surface area (Å²) in [5.41, 5.74) is 1.79. The number of carbonyl (C=O) groups is 4. The first kappa shape index (κ1) is 34.1. The molecule has 9 nitrogen and oxygen atoms in total. The lowest BCUT2D eigenvalue weighted by molar-refractivity contribution is -0.140. The first-order valence-electron chi connectivity index (χ1n) is 17.5. The smallest absolute Gasteiger partial charge is 0.343 e. The fourth-order valence-corrected chi connectivity index (χ4v) is 7.52. The molecule has 10 heteroatoms. The summed E-state index contributed by atoms with van der Waals surface area (Å²) in [4.78, 5) is 56.3. The Balaban J connectivity index is 1.06. The maximum Gasteiger partial charge on any atom is 0.343 e. The van der Waals surface area contributed by atoms with E-state index in [9.17, 15) is 19.2 Å². The SMILES string of the molecule is O=C(Oc1ccc(OC(=O)c2ccc(OC(=O)C3CCCCC3)cc2)c(-c2nc3ccccc3s2)c1)c1ccc(OC(=O)C2CCCCC2)cc1. The highest BCUT2D eigenvalue weighted by molar-refractivity contribution is 7.21. The largest absolute Gasteiger partial charge is 0.426 e.